The van der Waals surface area contributed by atoms with Gasteiger partial charge in [-0.25, -0.2) is 13.2 Å². The van der Waals surface area contributed by atoms with Gasteiger partial charge in [0, 0.05) is 12.2 Å². The molecule has 1 amide bonds. The van der Waals surface area contributed by atoms with Gasteiger partial charge in [-0.15, -0.1) is 0 Å². The van der Waals surface area contributed by atoms with Crippen LogP contribution >= 0.6 is 0 Å². The first-order valence-electron chi connectivity index (χ1n) is 11.7. The SMILES string of the molecule is CCc1ccc(S(=O)(=O)Nc2ccc(C3(C(=O)NCc4ccccc4)CC3)cc2)cc1.O=C(O)C(F)(F)F. The molecule has 202 valence electrons. The minimum Gasteiger partial charge on any atom is -0.475 e. The number of alkyl halides is 3. The van der Waals surface area contributed by atoms with Gasteiger partial charge in [0.1, 0.15) is 0 Å². The molecular formula is C27H27F3N2O5S. The van der Waals surface area contributed by atoms with Crippen molar-refractivity contribution in [2.24, 2.45) is 0 Å². The summed E-state index contributed by atoms with van der Waals surface area (Å²) in [6.45, 7) is 2.52. The van der Waals surface area contributed by atoms with Crippen LogP contribution < -0.4 is 10.0 Å². The zero-order valence-electron chi connectivity index (χ0n) is 20.5. The summed E-state index contributed by atoms with van der Waals surface area (Å²) in [5.41, 5.74) is 3.02. The molecule has 11 heteroatoms. The predicted molar refractivity (Wildman–Crippen MR) is 136 cm³/mol. The van der Waals surface area contributed by atoms with Crippen molar-refractivity contribution in [3.8, 4) is 0 Å². The van der Waals surface area contributed by atoms with Crippen LogP contribution in [-0.2, 0) is 38.0 Å². The number of benzene rings is 3. The molecule has 3 aromatic carbocycles. The number of carboxylic acids is 1. The molecule has 0 aromatic heterocycles. The number of sulfonamides is 1. The van der Waals surface area contributed by atoms with Crippen molar-refractivity contribution in [1.29, 1.82) is 0 Å². The maximum Gasteiger partial charge on any atom is 0.490 e. The quantitative estimate of drug-likeness (QED) is 0.366. The highest BCUT2D eigenvalue weighted by molar-refractivity contribution is 7.92. The Morgan fingerprint density at radius 1 is 0.895 bits per heavy atom. The molecule has 0 spiro atoms. The number of hydrogen-bond donors (Lipinski definition) is 3. The molecule has 4 rings (SSSR count). The molecule has 1 saturated carbocycles. The molecule has 0 heterocycles. The van der Waals surface area contributed by atoms with Gasteiger partial charge < -0.3 is 10.4 Å². The Labute approximate surface area is 218 Å². The normalized spacial score (nSPS) is 14.0. The first-order chi connectivity index (χ1) is 17.9. The Bertz CT molecular complexity index is 1350. The molecule has 1 fully saturated rings. The monoisotopic (exact) mass is 548 g/mol. The molecule has 3 N–H and O–H groups in total. The Hall–Kier alpha value is -3.86. The second-order valence-electron chi connectivity index (χ2n) is 8.73. The summed E-state index contributed by atoms with van der Waals surface area (Å²) in [6, 6.07) is 23.8. The zero-order chi connectivity index (χ0) is 28.0. The third-order valence-electron chi connectivity index (χ3n) is 6.05. The first-order valence-corrected chi connectivity index (χ1v) is 13.2. The molecule has 1 aliphatic carbocycles. The fraction of sp³-hybridized carbons (Fsp3) is 0.259. The molecule has 0 atom stereocenters. The van der Waals surface area contributed by atoms with E-state index in [1.807, 2.05) is 61.5 Å². The Morgan fingerprint density at radius 2 is 1.45 bits per heavy atom. The van der Waals surface area contributed by atoms with Gasteiger partial charge in [-0.05, 0) is 60.2 Å². The number of halogens is 3. The van der Waals surface area contributed by atoms with Crippen LogP contribution in [0.15, 0.2) is 83.8 Å². The summed E-state index contributed by atoms with van der Waals surface area (Å²) >= 11 is 0. The van der Waals surface area contributed by atoms with Gasteiger partial charge in [-0.1, -0.05) is 61.5 Å². The lowest BCUT2D eigenvalue weighted by molar-refractivity contribution is -0.192. The Morgan fingerprint density at radius 3 is 1.92 bits per heavy atom. The average molecular weight is 549 g/mol. The van der Waals surface area contributed by atoms with Crippen molar-refractivity contribution < 1.29 is 36.3 Å². The predicted octanol–water partition coefficient (Wildman–Crippen LogP) is 5.03. The van der Waals surface area contributed by atoms with E-state index in [-0.39, 0.29) is 10.8 Å². The number of carboxylic acid groups (broad SMARTS) is 1. The van der Waals surface area contributed by atoms with Crippen molar-refractivity contribution >= 4 is 27.6 Å². The van der Waals surface area contributed by atoms with Crippen molar-refractivity contribution in [2.75, 3.05) is 4.72 Å². The van der Waals surface area contributed by atoms with Gasteiger partial charge in [0.2, 0.25) is 5.91 Å². The lowest BCUT2D eigenvalue weighted by Gasteiger charge is -2.17. The number of amides is 1. The number of rotatable bonds is 8. The lowest BCUT2D eigenvalue weighted by atomic mass is 9.94. The first kappa shape index (κ1) is 28.7. The second-order valence-corrected chi connectivity index (χ2v) is 10.4. The van der Waals surface area contributed by atoms with E-state index in [0.29, 0.717) is 12.2 Å². The van der Waals surface area contributed by atoms with Crippen molar-refractivity contribution in [1.82, 2.24) is 5.32 Å². The molecule has 38 heavy (non-hydrogen) atoms. The average Bonchev–Trinajstić information content (AvgIpc) is 3.70. The van der Waals surface area contributed by atoms with Gasteiger partial charge in [0.15, 0.2) is 0 Å². The van der Waals surface area contributed by atoms with E-state index in [2.05, 4.69) is 10.0 Å². The van der Waals surface area contributed by atoms with E-state index in [4.69, 9.17) is 9.90 Å². The molecule has 0 saturated heterocycles. The second kappa shape index (κ2) is 11.7. The third kappa shape index (κ3) is 7.34. The summed E-state index contributed by atoms with van der Waals surface area (Å²) in [5, 5.41) is 10.2. The molecule has 3 aromatic rings. The molecule has 0 unspecified atom stereocenters. The highest BCUT2D eigenvalue weighted by atomic mass is 32.2. The summed E-state index contributed by atoms with van der Waals surface area (Å²) in [5.74, 6) is -2.74. The third-order valence-corrected chi connectivity index (χ3v) is 7.45. The topological polar surface area (TPSA) is 113 Å². The zero-order valence-corrected chi connectivity index (χ0v) is 21.3. The summed E-state index contributed by atoms with van der Waals surface area (Å²) < 4.78 is 59.7. The van der Waals surface area contributed by atoms with E-state index >= 15 is 0 Å². The molecule has 0 aliphatic heterocycles. The fourth-order valence-electron chi connectivity index (χ4n) is 3.69. The van der Waals surface area contributed by atoms with E-state index in [1.165, 1.54) is 0 Å². The number of nitrogens with one attached hydrogen (secondary N) is 2. The molecule has 1 aliphatic rings. The highest BCUT2D eigenvalue weighted by Crippen LogP contribution is 2.48. The summed E-state index contributed by atoms with van der Waals surface area (Å²) in [4.78, 5) is 22.0. The highest BCUT2D eigenvalue weighted by Gasteiger charge is 2.51. The maximum absolute atomic E-state index is 12.8. The maximum atomic E-state index is 12.8. The van der Waals surface area contributed by atoms with Crippen LogP contribution in [0.2, 0.25) is 0 Å². The van der Waals surface area contributed by atoms with Crippen LogP contribution in [-0.4, -0.2) is 31.6 Å². The smallest absolute Gasteiger partial charge is 0.475 e. The molecule has 0 radical (unpaired) electrons. The van der Waals surface area contributed by atoms with Crippen LogP contribution in [0.1, 0.15) is 36.5 Å². The number of aliphatic carboxylic acids is 1. The van der Waals surface area contributed by atoms with E-state index in [1.54, 1.807) is 24.3 Å². The standard InChI is InChI=1S/C25H26N2O3S.C2HF3O2/c1-2-19-8-14-23(15-9-19)31(29,30)27-22-12-10-21(11-13-22)25(16-17-25)24(28)26-18-20-6-4-3-5-7-20;3-2(4,5)1(6)7/h3-15,27H,2,16-18H2,1H3,(H,26,28);(H,6,7). The fourth-order valence-corrected chi connectivity index (χ4v) is 4.75. The minimum absolute atomic E-state index is 0.0145. The van der Waals surface area contributed by atoms with Crippen LogP contribution in [0.4, 0.5) is 18.9 Å². The van der Waals surface area contributed by atoms with Gasteiger partial charge >= 0.3 is 12.1 Å². The minimum atomic E-state index is -5.08. The summed E-state index contributed by atoms with van der Waals surface area (Å²) in [7, 11) is -3.66. The van der Waals surface area contributed by atoms with Gasteiger partial charge in [0.25, 0.3) is 10.0 Å². The van der Waals surface area contributed by atoms with Crippen LogP contribution in [0.3, 0.4) is 0 Å². The van der Waals surface area contributed by atoms with Crippen molar-refractivity contribution in [3.63, 3.8) is 0 Å². The lowest BCUT2D eigenvalue weighted by Crippen LogP contribution is -2.34. The Kier molecular flexibility index (Phi) is 8.82. The number of anilines is 1. The summed E-state index contributed by atoms with van der Waals surface area (Å²) in [6.07, 6.45) is -2.64. The van der Waals surface area contributed by atoms with Gasteiger partial charge in [0.05, 0.1) is 10.3 Å². The molecule has 0 bridgehead atoms. The van der Waals surface area contributed by atoms with E-state index in [9.17, 15) is 26.4 Å². The van der Waals surface area contributed by atoms with Crippen LogP contribution in [0.25, 0.3) is 0 Å². The number of carbonyl (C=O) groups is 2. The molecular weight excluding hydrogens is 521 g/mol. The number of carbonyl (C=O) groups excluding carboxylic acids is 1. The van der Waals surface area contributed by atoms with E-state index < -0.39 is 27.6 Å². The number of hydrogen-bond acceptors (Lipinski definition) is 4. The van der Waals surface area contributed by atoms with Gasteiger partial charge in [-0.2, -0.15) is 13.2 Å². The Balaban J connectivity index is 0.000000505. The molecule has 7 nitrogen and oxygen atoms in total. The van der Waals surface area contributed by atoms with Crippen LogP contribution in [0.5, 0.6) is 0 Å². The number of aryl methyl sites for hydroxylation is 1. The van der Waals surface area contributed by atoms with Gasteiger partial charge in [-0.3, -0.25) is 9.52 Å². The van der Waals surface area contributed by atoms with Crippen molar-refractivity contribution in [3.05, 3.63) is 95.6 Å². The van der Waals surface area contributed by atoms with E-state index in [0.717, 1.165) is 36.0 Å². The van der Waals surface area contributed by atoms with Crippen LogP contribution in [0, 0.1) is 0 Å². The van der Waals surface area contributed by atoms with Crippen molar-refractivity contribution in [2.45, 2.75) is 49.2 Å². The largest absolute Gasteiger partial charge is 0.490 e.